The number of halogens is 1. The molecule has 75 heavy (non-hydrogen) atoms. The van der Waals surface area contributed by atoms with Gasteiger partial charge in [-0.3, -0.25) is 28.5 Å². The number of piperazine rings is 1. The van der Waals surface area contributed by atoms with Crippen molar-refractivity contribution in [2.75, 3.05) is 57.0 Å². The minimum atomic E-state index is -4.04. The monoisotopic (exact) mass is 1050 g/mol. The summed E-state index contributed by atoms with van der Waals surface area (Å²) in [5.41, 5.74) is 9.33. The molecule has 0 spiro atoms. The number of methoxy groups -OCH3 is 1. The fraction of sp³-hybridized carbons (Fsp3) is 0.344. The first-order chi connectivity index (χ1) is 35.7. The first-order valence-electron chi connectivity index (χ1n) is 25.7. The van der Waals surface area contributed by atoms with Crippen molar-refractivity contribution < 1.29 is 32.1 Å². The third kappa shape index (κ3) is 11.7. The molecule has 1 aromatic heterocycles. The second kappa shape index (κ2) is 22.6. The molecule has 0 aliphatic carbocycles. The predicted octanol–water partition coefficient (Wildman–Crippen LogP) is 11.4. The summed E-state index contributed by atoms with van der Waals surface area (Å²) < 4.78 is 39.2. The number of aliphatic imine (C=N–C) groups is 1. The smallest absolute Gasteiger partial charge is 0.264 e. The van der Waals surface area contributed by atoms with Crippen LogP contribution in [0.3, 0.4) is 0 Å². The van der Waals surface area contributed by atoms with Crippen LogP contribution >= 0.6 is 11.6 Å². The van der Waals surface area contributed by atoms with Crippen LogP contribution in [0.25, 0.3) is 21.7 Å². The van der Waals surface area contributed by atoms with E-state index in [1.54, 1.807) is 35.9 Å². The van der Waals surface area contributed by atoms with E-state index < -0.39 is 15.5 Å². The van der Waals surface area contributed by atoms with E-state index in [0.717, 1.165) is 62.1 Å². The normalized spacial score (nSPS) is 15.8. The molecule has 8 rings (SSSR count). The summed E-state index contributed by atoms with van der Waals surface area (Å²) in [5, 5.41) is 3.62. The number of unbranched alkanes of at least 4 members (excludes halogenated alkanes) is 1. The highest BCUT2D eigenvalue weighted by Crippen LogP contribution is 2.48. The Kier molecular flexibility index (Phi) is 16.4. The van der Waals surface area contributed by atoms with Crippen LogP contribution in [-0.2, 0) is 43.4 Å². The number of nitrogens with zero attached hydrogens (tertiary/aromatic N) is 5. The molecule has 1 fully saturated rings. The second-order valence-electron chi connectivity index (χ2n) is 20.6. The maximum atomic E-state index is 14.0. The first-order valence-corrected chi connectivity index (χ1v) is 27.7. The summed E-state index contributed by atoms with van der Waals surface area (Å²) in [7, 11) is -2.45. The number of carbonyl (C=O) groups excluding carboxylic acids is 3. The molecule has 14 heteroatoms. The molecule has 3 heterocycles. The third-order valence-corrected chi connectivity index (χ3v) is 16.1. The van der Waals surface area contributed by atoms with Gasteiger partial charge in [-0.25, -0.2) is 0 Å². The molecule has 12 nitrogen and oxygen atoms in total. The molecule has 1 N–H and O–H groups in total. The van der Waals surface area contributed by atoms with Crippen LogP contribution in [0, 0.1) is 13.8 Å². The van der Waals surface area contributed by atoms with E-state index in [1.165, 1.54) is 5.56 Å². The summed E-state index contributed by atoms with van der Waals surface area (Å²) in [4.78, 5) is 52.8. The van der Waals surface area contributed by atoms with Gasteiger partial charge in [0.1, 0.15) is 5.75 Å². The van der Waals surface area contributed by atoms with Crippen LogP contribution in [0.1, 0.15) is 91.3 Å². The number of hydrogen-bond donors (Lipinski definition) is 1. The molecule has 0 unspecified atom stereocenters. The minimum absolute atomic E-state index is 0.0159. The number of fused-ring (bicyclic) bond motifs is 3. The van der Waals surface area contributed by atoms with Crippen LogP contribution in [0.4, 0.5) is 5.69 Å². The van der Waals surface area contributed by atoms with Crippen LogP contribution in [0.5, 0.6) is 5.75 Å². The topological polar surface area (TPSA) is 142 Å². The van der Waals surface area contributed by atoms with Crippen molar-refractivity contribution in [1.29, 1.82) is 0 Å². The number of anilines is 1. The number of ether oxygens (including phenoxy) is 1. The first kappa shape index (κ1) is 54.5. The van der Waals surface area contributed by atoms with Gasteiger partial charge in [-0.1, -0.05) is 106 Å². The number of hydrogen-bond acceptors (Lipinski definition) is 8. The largest absolute Gasteiger partial charge is 0.497 e. The number of aryl methyl sites for hydroxylation is 1. The molecule has 6 aromatic rings. The van der Waals surface area contributed by atoms with Crippen molar-refractivity contribution >= 4 is 72.5 Å². The van der Waals surface area contributed by atoms with Crippen molar-refractivity contribution in [2.24, 2.45) is 4.99 Å². The summed E-state index contributed by atoms with van der Waals surface area (Å²) in [6.45, 7) is 17.8. The van der Waals surface area contributed by atoms with Crippen LogP contribution in [0.2, 0.25) is 5.02 Å². The zero-order valence-corrected chi connectivity index (χ0v) is 45.9. The van der Waals surface area contributed by atoms with Gasteiger partial charge in [0.25, 0.3) is 16.0 Å². The fourth-order valence-corrected chi connectivity index (χ4v) is 11.7. The van der Waals surface area contributed by atoms with E-state index in [2.05, 4.69) is 101 Å². The number of rotatable bonds is 17. The van der Waals surface area contributed by atoms with Crippen molar-refractivity contribution in [3.8, 4) is 5.75 Å². The predicted molar refractivity (Wildman–Crippen MR) is 303 cm³/mol. The van der Waals surface area contributed by atoms with E-state index in [1.807, 2.05) is 65.3 Å². The molecule has 2 amide bonds. The molecular weight excluding hydrogens is 982 g/mol. The highest BCUT2D eigenvalue weighted by atomic mass is 35.5. The van der Waals surface area contributed by atoms with Crippen LogP contribution < -0.4 is 9.64 Å². The molecule has 0 saturated carbocycles. The Morgan fingerprint density at radius 3 is 2.20 bits per heavy atom. The molecule has 392 valence electrons. The minimum Gasteiger partial charge on any atom is -0.497 e. The number of benzene rings is 5. The van der Waals surface area contributed by atoms with Gasteiger partial charge >= 0.3 is 0 Å². The Bertz CT molecular complexity index is 3400. The van der Waals surface area contributed by atoms with Crippen molar-refractivity contribution in [3.63, 3.8) is 0 Å². The van der Waals surface area contributed by atoms with Gasteiger partial charge in [0.2, 0.25) is 11.8 Å². The molecule has 1 saturated heterocycles. The molecule has 0 bridgehead atoms. The molecule has 2 aliphatic heterocycles. The average Bonchev–Trinajstić information content (AvgIpc) is 3.78. The highest BCUT2D eigenvalue weighted by Gasteiger charge is 2.40. The Morgan fingerprint density at radius 1 is 0.827 bits per heavy atom. The van der Waals surface area contributed by atoms with E-state index in [0.29, 0.717) is 73.1 Å². The zero-order valence-electron chi connectivity index (χ0n) is 44.3. The molecule has 0 atom stereocenters. The van der Waals surface area contributed by atoms with Crippen LogP contribution in [-0.4, -0.2) is 103 Å². The number of aromatic nitrogens is 1. The van der Waals surface area contributed by atoms with E-state index in [4.69, 9.17) is 21.3 Å². The van der Waals surface area contributed by atoms with E-state index in [-0.39, 0.29) is 41.7 Å². The van der Waals surface area contributed by atoms with Crippen molar-refractivity contribution in [3.05, 3.63) is 177 Å². The van der Waals surface area contributed by atoms with Gasteiger partial charge in [-0.15, -0.1) is 0 Å². The molecular formula is C61H68ClN5O7S. The van der Waals surface area contributed by atoms with Gasteiger partial charge in [-0.2, -0.15) is 8.42 Å². The number of likely N-dealkylation sites (N-methyl/N-ethyl adjacent to an activating group) is 1. The summed E-state index contributed by atoms with van der Waals surface area (Å²) in [6, 6.07) is 31.3. The van der Waals surface area contributed by atoms with Gasteiger partial charge in [0.05, 0.1) is 31.2 Å². The Labute approximate surface area is 446 Å². The lowest BCUT2D eigenvalue weighted by Gasteiger charge is -2.35. The Morgan fingerprint density at radius 2 is 1.52 bits per heavy atom. The zero-order chi connectivity index (χ0) is 53.8. The average molecular weight is 1050 g/mol. The lowest BCUT2D eigenvalue weighted by Crippen LogP contribution is -2.51. The number of amides is 2. The number of allylic oxidation sites excluding steroid dienone is 6. The van der Waals surface area contributed by atoms with Crippen molar-refractivity contribution in [1.82, 2.24) is 14.4 Å². The quantitative estimate of drug-likeness (QED) is 0.0412. The van der Waals surface area contributed by atoms with Crippen molar-refractivity contribution in [2.45, 2.75) is 85.0 Å². The lowest BCUT2D eigenvalue weighted by atomic mass is 9.75. The van der Waals surface area contributed by atoms with E-state index >= 15 is 0 Å². The molecule has 5 aromatic carbocycles. The van der Waals surface area contributed by atoms with E-state index in [9.17, 15) is 27.4 Å². The molecule has 0 radical (unpaired) electrons. The Balaban J connectivity index is 0.930. The van der Waals surface area contributed by atoms with Crippen LogP contribution in [0.15, 0.2) is 138 Å². The standard InChI is InChI=1S/C61H68ClN5O7S/c1-9-66-53-29-22-43(38-56(68)64-32-34-65(35-33-64)57(69)40-49-42(3)67(52-30-28-47(74-8)39-50(49)52)59(70)45-24-26-46(62)27-25-45)37-51(53)60(4,5)55(66)20-12-10-11-19-54(63-31-15-16-36-75(71,72)73)61(6,7)58-41(2)21-23-44-17-13-14-18-48(44)58/h10-14,17-30,37,39H,9,15-16,31-36,38,40H2,1-8H3,(H,71,72,73)/b12-10+,19-11+,55-20+,63-54?. The second-order valence-corrected chi connectivity index (χ2v) is 22.6. The van der Waals surface area contributed by atoms with Gasteiger partial charge < -0.3 is 19.4 Å². The summed E-state index contributed by atoms with van der Waals surface area (Å²) >= 11 is 6.12. The summed E-state index contributed by atoms with van der Waals surface area (Å²) in [5.74, 6) is 0.0682. The Hall–Kier alpha value is -6.80. The third-order valence-electron chi connectivity index (χ3n) is 15.0. The SMILES string of the molecule is CCN1/C(=C/C=C/C=C/C(=NCCCCS(=O)(=O)O)C(C)(C)c2c(C)ccc3ccccc23)C(C)(C)c2cc(CC(=O)N3CCN(C(=O)Cc4c(C)n(C(=O)c5ccc(Cl)cc5)c5ccc(OC)cc45)CC3)ccc21. The van der Waals surface area contributed by atoms with Gasteiger partial charge in [0, 0.05) is 88.9 Å². The fourth-order valence-electron chi connectivity index (χ4n) is 11.0. The van der Waals surface area contributed by atoms with Gasteiger partial charge in [-0.05, 0) is 133 Å². The maximum Gasteiger partial charge on any atom is 0.264 e. The highest BCUT2D eigenvalue weighted by molar-refractivity contribution is 7.85. The maximum absolute atomic E-state index is 14.0. The molecule has 2 aliphatic rings. The lowest BCUT2D eigenvalue weighted by molar-refractivity contribution is -0.138. The number of carbonyl (C=O) groups is 3. The van der Waals surface area contributed by atoms with Gasteiger partial charge in [0.15, 0.2) is 0 Å². The summed E-state index contributed by atoms with van der Waals surface area (Å²) in [6.07, 6.45) is 11.5.